The van der Waals surface area contributed by atoms with E-state index in [-0.39, 0.29) is 18.4 Å². The molecule has 1 unspecified atom stereocenters. The number of hydrogen-bond acceptors (Lipinski definition) is 2. The van der Waals surface area contributed by atoms with Gasteiger partial charge in [0.05, 0.1) is 6.04 Å². The number of fused-ring (bicyclic) bond motifs is 1. The number of primary amides is 1. The average Bonchev–Trinajstić information content (AvgIpc) is 2.56. The van der Waals surface area contributed by atoms with Gasteiger partial charge in [-0.3, -0.25) is 4.79 Å². The summed E-state index contributed by atoms with van der Waals surface area (Å²) in [5.74, 6) is -0.377. The molecule has 0 fully saturated rings. The second-order valence-electron chi connectivity index (χ2n) is 3.96. The second kappa shape index (κ2) is 3.98. The van der Waals surface area contributed by atoms with Gasteiger partial charge in [0.25, 0.3) is 0 Å². The Kier molecular flexibility index (Phi) is 2.66. The van der Waals surface area contributed by atoms with Crippen molar-refractivity contribution >= 4 is 16.8 Å². The van der Waals surface area contributed by atoms with Gasteiger partial charge >= 0.3 is 0 Å². The average molecular weight is 217 g/mol. The van der Waals surface area contributed by atoms with Crippen LogP contribution in [0.15, 0.2) is 30.3 Å². The normalized spacial score (nSPS) is 12.9. The minimum absolute atomic E-state index is 0.171. The first kappa shape index (κ1) is 10.7. The maximum atomic E-state index is 10.8. The highest BCUT2D eigenvalue weighted by Gasteiger charge is 2.14. The van der Waals surface area contributed by atoms with E-state index in [1.54, 1.807) is 0 Å². The fourth-order valence-electron chi connectivity index (χ4n) is 1.99. The van der Waals surface area contributed by atoms with Gasteiger partial charge in [-0.15, -0.1) is 0 Å². The molecular formula is C12H15N3O. The number of carbonyl (C=O) groups excluding carboxylic acids is 1. The number of benzene rings is 1. The molecule has 0 aliphatic heterocycles. The van der Waals surface area contributed by atoms with Crippen molar-refractivity contribution < 1.29 is 4.79 Å². The molecule has 4 nitrogen and oxygen atoms in total. The molecule has 2 aromatic rings. The number of amides is 1. The first-order valence-corrected chi connectivity index (χ1v) is 5.18. The fraction of sp³-hybridized carbons (Fsp3) is 0.250. The van der Waals surface area contributed by atoms with E-state index in [0.717, 1.165) is 16.6 Å². The lowest BCUT2D eigenvalue weighted by Gasteiger charge is -2.10. The molecule has 1 aromatic carbocycles. The molecule has 4 N–H and O–H groups in total. The summed E-state index contributed by atoms with van der Waals surface area (Å²) in [6, 6.07) is 9.67. The van der Waals surface area contributed by atoms with Gasteiger partial charge in [0.15, 0.2) is 0 Å². The highest BCUT2D eigenvalue weighted by atomic mass is 16.1. The Morgan fingerprint density at radius 3 is 2.75 bits per heavy atom. The highest BCUT2D eigenvalue weighted by Crippen LogP contribution is 2.23. The van der Waals surface area contributed by atoms with Crippen LogP contribution in [0.2, 0.25) is 0 Å². The van der Waals surface area contributed by atoms with Crippen LogP contribution in [0.5, 0.6) is 0 Å². The predicted octanol–water partition coefficient (Wildman–Crippen LogP) is 1.05. The zero-order valence-corrected chi connectivity index (χ0v) is 9.18. The molecule has 0 saturated carbocycles. The fourth-order valence-corrected chi connectivity index (χ4v) is 1.99. The number of carbonyl (C=O) groups is 1. The minimum atomic E-state index is -0.377. The maximum absolute atomic E-state index is 10.8. The van der Waals surface area contributed by atoms with E-state index in [4.69, 9.17) is 11.5 Å². The highest BCUT2D eigenvalue weighted by molar-refractivity contribution is 5.82. The predicted molar refractivity (Wildman–Crippen MR) is 63.7 cm³/mol. The van der Waals surface area contributed by atoms with Crippen molar-refractivity contribution in [2.24, 2.45) is 18.5 Å². The molecular weight excluding hydrogens is 202 g/mol. The molecule has 0 radical (unpaired) electrons. The summed E-state index contributed by atoms with van der Waals surface area (Å²) >= 11 is 0. The number of nitrogens with zero attached hydrogens (tertiary/aromatic N) is 1. The number of nitrogens with two attached hydrogens (primary N) is 2. The van der Waals surface area contributed by atoms with Crippen molar-refractivity contribution in [3.8, 4) is 0 Å². The lowest BCUT2D eigenvalue weighted by Crippen LogP contribution is -2.22. The molecule has 84 valence electrons. The lowest BCUT2D eigenvalue weighted by atomic mass is 10.1. The smallest absolute Gasteiger partial charge is 0.219 e. The summed E-state index contributed by atoms with van der Waals surface area (Å²) in [7, 11) is 1.94. The Balaban J connectivity index is 2.45. The quantitative estimate of drug-likeness (QED) is 0.806. The van der Waals surface area contributed by atoms with Crippen LogP contribution in [0.1, 0.15) is 18.2 Å². The second-order valence-corrected chi connectivity index (χ2v) is 3.96. The van der Waals surface area contributed by atoms with E-state index < -0.39 is 0 Å². The van der Waals surface area contributed by atoms with Gasteiger partial charge in [-0.05, 0) is 17.5 Å². The van der Waals surface area contributed by atoms with Crippen LogP contribution in [0.25, 0.3) is 10.9 Å². The standard InChI is InChI=1S/C12H15N3O/c1-15-10-5-3-2-4-8(10)6-11(15)9(13)7-12(14)16/h2-6,9H,7,13H2,1H3,(H2,14,16). The van der Waals surface area contributed by atoms with Crippen LogP contribution in [0, 0.1) is 0 Å². The number of hydrogen-bond donors (Lipinski definition) is 2. The Bertz CT molecular complexity index is 530. The molecule has 16 heavy (non-hydrogen) atoms. The molecule has 1 atom stereocenters. The third-order valence-corrected chi connectivity index (χ3v) is 2.79. The van der Waals surface area contributed by atoms with Gasteiger partial charge in [-0.25, -0.2) is 0 Å². The van der Waals surface area contributed by atoms with Gasteiger partial charge < -0.3 is 16.0 Å². The molecule has 0 saturated heterocycles. The van der Waals surface area contributed by atoms with Crippen molar-refractivity contribution in [1.82, 2.24) is 4.57 Å². The van der Waals surface area contributed by atoms with E-state index in [0.29, 0.717) is 0 Å². The summed E-state index contributed by atoms with van der Waals surface area (Å²) < 4.78 is 2.00. The first-order chi connectivity index (χ1) is 7.59. The number of aryl methyl sites for hydroxylation is 1. The Labute approximate surface area is 93.8 Å². The number of rotatable bonds is 3. The first-order valence-electron chi connectivity index (χ1n) is 5.18. The van der Waals surface area contributed by atoms with E-state index in [1.165, 1.54) is 0 Å². The van der Waals surface area contributed by atoms with Crippen LogP contribution in [0.3, 0.4) is 0 Å². The topological polar surface area (TPSA) is 74.0 Å². The van der Waals surface area contributed by atoms with E-state index in [1.807, 2.05) is 41.9 Å². The van der Waals surface area contributed by atoms with Gasteiger partial charge in [-0.1, -0.05) is 18.2 Å². The lowest BCUT2D eigenvalue weighted by molar-refractivity contribution is -0.118. The van der Waals surface area contributed by atoms with Crippen molar-refractivity contribution in [3.63, 3.8) is 0 Å². The Morgan fingerprint density at radius 1 is 1.44 bits per heavy atom. The summed E-state index contributed by atoms with van der Waals surface area (Å²) in [6.45, 7) is 0. The number of para-hydroxylation sites is 1. The summed E-state index contributed by atoms with van der Waals surface area (Å²) in [6.07, 6.45) is 0.171. The van der Waals surface area contributed by atoms with Gasteiger partial charge in [-0.2, -0.15) is 0 Å². The molecule has 1 aromatic heterocycles. The van der Waals surface area contributed by atoms with E-state index in [9.17, 15) is 4.79 Å². The zero-order valence-electron chi connectivity index (χ0n) is 9.18. The van der Waals surface area contributed by atoms with Crippen LogP contribution in [0.4, 0.5) is 0 Å². The van der Waals surface area contributed by atoms with Gasteiger partial charge in [0.2, 0.25) is 5.91 Å². The molecule has 0 bridgehead atoms. The van der Waals surface area contributed by atoms with Gasteiger partial charge in [0, 0.05) is 24.7 Å². The molecule has 0 spiro atoms. The Hall–Kier alpha value is -1.81. The molecule has 4 heteroatoms. The van der Waals surface area contributed by atoms with Crippen LogP contribution in [-0.2, 0) is 11.8 Å². The van der Waals surface area contributed by atoms with Crippen molar-refractivity contribution in [2.75, 3.05) is 0 Å². The zero-order chi connectivity index (χ0) is 11.7. The summed E-state index contributed by atoms with van der Waals surface area (Å²) in [4.78, 5) is 10.8. The summed E-state index contributed by atoms with van der Waals surface area (Å²) in [5.41, 5.74) is 13.1. The van der Waals surface area contributed by atoms with Crippen molar-refractivity contribution in [2.45, 2.75) is 12.5 Å². The number of aromatic nitrogens is 1. The van der Waals surface area contributed by atoms with E-state index >= 15 is 0 Å². The van der Waals surface area contributed by atoms with Crippen LogP contribution < -0.4 is 11.5 Å². The maximum Gasteiger partial charge on any atom is 0.219 e. The van der Waals surface area contributed by atoms with Crippen LogP contribution >= 0.6 is 0 Å². The largest absolute Gasteiger partial charge is 0.370 e. The monoisotopic (exact) mass is 217 g/mol. The molecule has 0 aliphatic carbocycles. The third-order valence-electron chi connectivity index (χ3n) is 2.79. The van der Waals surface area contributed by atoms with E-state index in [2.05, 4.69) is 0 Å². The third kappa shape index (κ3) is 1.79. The van der Waals surface area contributed by atoms with Gasteiger partial charge in [0.1, 0.15) is 0 Å². The van der Waals surface area contributed by atoms with Crippen molar-refractivity contribution in [3.05, 3.63) is 36.0 Å². The van der Waals surface area contributed by atoms with Crippen LogP contribution in [-0.4, -0.2) is 10.5 Å². The molecule has 2 rings (SSSR count). The summed E-state index contributed by atoms with van der Waals surface area (Å²) in [5, 5.41) is 1.12. The Morgan fingerprint density at radius 2 is 2.12 bits per heavy atom. The SMILES string of the molecule is Cn1c(C(N)CC(N)=O)cc2ccccc21. The van der Waals surface area contributed by atoms with Crippen molar-refractivity contribution in [1.29, 1.82) is 0 Å². The molecule has 1 amide bonds. The molecule has 0 aliphatic rings. The minimum Gasteiger partial charge on any atom is -0.370 e. The molecule has 1 heterocycles.